The molecule has 1 heterocycles. The van der Waals surface area contributed by atoms with E-state index in [-0.39, 0.29) is 6.03 Å². The molecule has 1 saturated carbocycles. The first kappa shape index (κ1) is 20.6. The molecule has 1 aromatic carbocycles. The van der Waals surface area contributed by atoms with Gasteiger partial charge in [0.05, 0.1) is 15.7 Å². The van der Waals surface area contributed by atoms with Gasteiger partial charge in [0.2, 0.25) is 0 Å². The summed E-state index contributed by atoms with van der Waals surface area (Å²) in [4.78, 5) is 18.2. The van der Waals surface area contributed by atoms with Crippen LogP contribution in [0.25, 0.3) is 0 Å². The van der Waals surface area contributed by atoms with E-state index in [2.05, 4.69) is 22.2 Å². The van der Waals surface area contributed by atoms with Crippen LogP contribution in [0.1, 0.15) is 25.7 Å². The van der Waals surface area contributed by atoms with Gasteiger partial charge in [-0.05, 0) is 50.8 Å². The third kappa shape index (κ3) is 5.01. The summed E-state index contributed by atoms with van der Waals surface area (Å²) in [5.41, 5.74) is 1.03. The molecule has 1 saturated heterocycles. The summed E-state index contributed by atoms with van der Waals surface area (Å²) in [5, 5.41) is 4.38. The van der Waals surface area contributed by atoms with Gasteiger partial charge in [-0.3, -0.25) is 4.90 Å². The van der Waals surface area contributed by atoms with Gasteiger partial charge in [0, 0.05) is 45.8 Å². The highest BCUT2D eigenvalue weighted by Crippen LogP contribution is 2.35. The molecular formula is C20H30Cl2N4O. The molecule has 0 aromatic heterocycles. The minimum Gasteiger partial charge on any atom is -0.367 e. The molecule has 27 heavy (non-hydrogen) atoms. The summed E-state index contributed by atoms with van der Waals surface area (Å²) in [7, 11) is 5.80. The van der Waals surface area contributed by atoms with Crippen molar-refractivity contribution in [3.63, 3.8) is 0 Å². The molecule has 2 aliphatic rings. The van der Waals surface area contributed by atoms with Gasteiger partial charge in [0.1, 0.15) is 0 Å². The predicted octanol–water partition coefficient (Wildman–Crippen LogP) is 3.94. The lowest BCUT2D eigenvalue weighted by atomic mass is 9.85. The maximum Gasteiger partial charge on any atom is 0.317 e. The summed E-state index contributed by atoms with van der Waals surface area (Å²) in [6.45, 7) is 3.10. The van der Waals surface area contributed by atoms with E-state index < -0.39 is 0 Å². The highest BCUT2D eigenvalue weighted by Gasteiger charge is 2.33. The second-order valence-electron chi connectivity index (χ2n) is 8.13. The number of likely N-dealkylation sites (N-methyl/N-ethyl adjacent to an activating group) is 1. The Morgan fingerprint density at radius 3 is 2.44 bits per heavy atom. The number of nitrogens with one attached hydrogen (secondary N) is 1. The number of amides is 2. The zero-order valence-electron chi connectivity index (χ0n) is 16.4. The van der Waals surface area contributed by atoms with Crippen molar-refractivity contribution in [2.45, 2.75) is 37.8 Å². The van der Waals surface area contributed by atoms with E-state index in [0.29, 0.717) is 28.0 Å². The molecule has 0 radical (unpaired) electrons. The van der Waals surface area contributed by atoms with Crippen molar-refractivity contribution in [2.75, 3.05) is 45.7 Å². The molecule has 0 spiro atoms. The second kappa shape index (κ2) is 8.89. The molecule has 0 unspecified atom stereocenters. The molecule has 1 aromatic rings. The van der Waals surface area contributed by atoms with E-state index in [1.165, 1.54) is 12.8 Å². The first-order valence-corrected chi connectivity index (χ1v) is 10.5. The fraction of sp³-hybridized carbons (Fsp3) is 0.650. The average Bonchev–Trinajstić information content (AvgIpc) is 2.59. The van der Waals surface area contributed by atoms with Crippen molar-refractivity contribution < 1.29 is 4.79 Å². The SMILES string of the molecule is CN(C)C(=O)N[C@H]1CC[C@H](CN(C)C2CN(c3cccc(Cl)c3Cl)C2)CC1. The lowest BCUT2D eigenvalue weighted by Crippen LogP contribution is -2.59. The number of hydrogen-bond donors (Lipinski definition) is 1. The molecule has 5 nitrogen and oxygen atoms in total. The van der Waals surface area contributed by atoms with Gasteiger partial charge in [-0.15, -0.1) is 0 Å². The summed E-state index contributed by atoms with van der Waals surface area (Å²) < 4.78 is 0. The standard InChI is InChI=1S/C20H30Cl2N4O/c1-24(2)20(27)23-15-9-7-14(8-10-15)11-25(3)16-12-26(13-16)18-6-4-5-17(21)19(18)22/h4-6,14-16H,7-13H2,1-3H3,(H,23,27)/t14-,15-. The van der Waals surface area contributed by atoms with Crippen molar-refractivity contribution in [3.05, 3.63) is 28.2 Å². The molecule has 2 amide bonds. The predicted molar refractivity (Wildman–Crippen MR) is 113 cm³/mol. The number of rotatable bonds is 5. The third-order valence-corrected chi connectivity index (χ3v) is 6.69. The summed E-state index contributed by atoms with van der Waals surface area (Å²) in [6.07, 6.45) is 4.51. The molecule has 3 rings (SSSR count). The van der Waals surface area contributed by atoms with Crippen LogP contribution >= 0.6 is 23.2 Å². The maximum absolute atomic E-state index is 11.8. The number of anilines is 1. The maximum atomic E-state index is 11.8. The number of carbonyl (C=O) groups is 1. The number of urea groups is 1. The highest BCUT2D eigenvalue weighted by atomic mass is 35.5. The largest absolute Gasteiger partial charge is 0.367 e. The summed E-state index contributed by atoms with van der Waals surface area (Å²) >= 11 is 12.5. The second-order valence-corrected chi connectivity index (χ2v) is 8.92. The van der Waals surface area contributed by atoms with Crippen LogP contribution in [-0.2, 0) is 0 Å². The fourth-order valence-electron chi connectivity index (χ4n) is 4.02. The first-order valence-electron chi connectivity index (χ1n) is 9.72. The molecule has 7 heteroatoms. The lowest BCUT2D eigenvalue weighted by Gasteiger charge is -2.47. The molecule has 0 atom stereocenters. The Morgan fingerprint density at radius 2 is 1.81 bits per heavy atom. The molecule has 1 N–H and O–H groups in total. The van der Waals surface area contributed by atoms with Crippen molar-refractivity contribution in [1.29, 1.82) is 0 Å². The minimum atomic E-state index is 0.0183. The van der Waals surface area contributed by atoms with Gasteiger partial charge in [-0.2, -0.15) is 0 Å². The number of hydrogen-bond acceptors (Lipinski definition) is 3. The van der Waals surface area contributed by atoms with E-state index in [4.69, 9.17) is 23.2 Å². The number of halogens is 2. The van der Waals surface area contributed by atoms with Crippen LogP contribution in [0.5, 0.6) is 0 Å². The van der Waals surface area contributed by atoms with Gasteiger partial charge in [-0.25, -0.2) is 4.79 Å². The zero-order valence-corrected chi connectivity index (χ0v) is 17.9. The van der Waals surface area contributed by atoms with Gasteiger partial charge in [0.25, 0.3) is 0 Å². The van der Waals surface area contributed by atoms with Crippen molar-refractivity contribution in [1.82, 2.24) is 15.1 Å². The van der Waals surface area contributed by atoms with Crippen LogP contribution in [-0.4, -0.2) is 68.7 Å². The normalized spacial score (nSPS) is 23.3. The van der Waals surface area contributed by atoms with Crippen LogP contribution in [0.4, 0.5) is 10.5 Å². The summed E-state index contributed by atoms with van der Waals surface area (Å²) in [5.74, 6) is 0.714. The molecule has 1 aliphatic heterocycles. The first-order chi connectivity index (χ1) is 12.8. The Labute approximate surface area is 172 Å². The molecule has 1 aliphatic carbocycles. The zero-order chi connectivity index (χ0) is 19.6. The van der Waals surface area contributed by atoms with Crippen molar-refractivity contribution in [2.24, 2.45) is 5.92 Å². The Bertz CT molecular complexity index is 655. The van der Waals surface area contributed by atoms with E-state index in [9.17, 15) is 4.79 Å². The van der Waals surface area contributed by atoms with Gasteiger partial charge in [0.15, 0.2) is 0 Å². The number of benzene rings is 1. The highest BCUT2D eigenvalue weighted by molar-refractivity contribution is 6.43. The van der Waals surface area contributed by atoms with Gasteiger partial charge >= 0.3 is 6.03 Å². The monoisotopic (exact) mass is 412 g/mol. The average molecular weight is 413 g/mol. The van der Waals surface area contributed by atoms with E-state index in [1.54, 1.807) is 19.0 Å². The van der Waals surface area contributed by atoms with Gasteiger partial charge < -0.3 is 15.1 Å². The number of nitrogens with zero attached hydrogens (tertiary/aromatic N) is 3. The van der Waals surface area contributed by atoms with Gasteiger partial charge in [-0.1, -0.05) is 29.3 Å². The Kier molecular flexibility index (Phi) is 6.77. The quantitative estimate of drug-likeness (QED) is 0.795. The van der Waals surface area contributed by atoms with E-state index >= 15 is 0 Å². The topological polar surface area (TPSA) is 38.8 Å². The molecule has 150 valence electrons. The number of carbonyl (C=O) groups excluding carboxylic acids is 1. The Hall–Kier alpha value is -1.17. The van der Waals surface area contributed by atoms with Crippen LogP contribution in [0.3, 0.4) is 0 Å². The minimum absolute atomic E-state index is 0.0183. The van der Waals surface area contributed by atoms with Crippen LogP contribution in [0.2, 0.25) is 10.0 Å². The van der Waals surface area contributed by atoms with Crippen LogP contribution in [0, 0.1) is 5.92 Å². The molecular weight excluding hydrogens is 383 g/mol. The van der Waals surface area contributed by atoms with Crippen molar-refractivity contribution in [3.8, 4) is 0 Å². The fourth-order valence-corrected chi connectivity index (χ4v) is 4.43. The Balaban J connectivity index is 1.40. The lowest BCUT2D eigenvalue weighted by molar-refractivity contribution is 0.150. The molecule has 0 bridgehead atoms. The third-order valence-electron chi connectivity index (χ3n) is 5.88. The Morgan fingerprint density at radius 1 is 1.15 bits per heavy atom. The van der Waals surface area contributed by atoms with E-state index in [0.717, 1.165) is 38.2 Å². The smallest absolute Gasteiger partial charge is 0.317 e. The van der Waals surface area contributed by atoms with Crippen molar-refractivity contribution >= 4 is 34.9 Å². The summed E-state index contributed by atoms with van der Waals surface area (Å²) in [6, 6.07) is 6.72. The van der Waals surface area contributed by atoms with E-state index in [1.807, 2.05) is 18.2 Å². The van der Waals surface area contributed by atoms with Crippen LogP contribution in [0.15, 0.2) is 18.2 Å². The molecule has 2 fully saturated rings. The van der Waals surface area contributed by atoms with Crippen LogP contribution < -0.4 is 10.2 Å².